The summed E-state index contributed by atoms with van der Waals surface area (Å²) in [4.78, 5) is 12.4. The maximum Gasteiger partial charge on any atom is 0.168 e. The molecular weight excluding hydrogens is 248 g/mol. The van der Waals surface area contributed by atoms with E-state index < -0.39 is 5.60 Å². The van der Waals surface area contributed by atoms with Gasteiger partial charge in [0.05, 0.1) is 0 Å². The zero-order valence-corrected chi connectivity index (χ0v) is 11.5. The minimum atomic E-state index is -0.544. The quantitative estimate of drug-likeness (QED) is 0.829. The van der Waals surface area contributed by atoms with Crippen LogP contribution >= 0.6 is 11.6 Å². The molecule has 1 aliphatic rings. The first-order valence-electron chi connectivity index (χ1n) is 6.49. The highest BCUT2D eigenvalue weighted by molar-refractivity contribution is 6.30. The SMILES string of the molecule is COC1(C(=O)Cc2ccc(Cl)cc2)CCCCC1. The van der Waals surface area contributed by atoms with Gasteiger partial charge in [-0.05, 0) is 30.5 Å². The molecule has 1 aromatic carbocycles. The first-order chi connectivity index (χ1) is 8.66. The Bertz CT molecular complexity index is 405. The second-order valence-electron chi connectivity index (χ2n) is 4.99. The van der Waals surface area contributed by atoms with Gasteiger partial charge in [-0.25, -0.2) is 0 Å². The van der Waals surface area contributed by atoms with Crippen molar-refractivity contribution in [2.45, 2.75) is 44.1 Å². The smallest absolute Gasteiger partial charge is 0.168 e. The molecule has 1 saturated carbocycles. The van der Waals surface area contributed by atoms with E-state index in [1.54, 1.807) is 7.11 Å². The topological polar surface area (TPSA) is 26.3 Å². The second kappa shape index (κ2) is 5.85. The van der Waals surface area contributed by atoms with Crippen LogP contribution in [-0.2, 0) is 16.0 Å². The summed E-state index contributed by atoms with van der Waals surface area (Å²) in [5, 5.41) is 0.699. The lowest BCUT2D eigenvalue weighted by Crippen LogP contribution is -2.43. The summed E-state index contributed by atoms with van der Waals surface area (Å²) in [6.07, 6.45) is 5.52. The molecule has 0 amide bonds. The van der Waals surface area contributed by atoms with Gasteiger partial charge >= 0.3 is 0 Å². The highest BCUT2D eigenvalue weighted by Crippen LogP contribution is 2.32. The van der Waals surface area contributed by atoms with Crippen LogP contribution in [0, 0.1) is 0 Å². The Hall–Kier alpha value is -0.860. The molecule has 2 nitrogen and oxygen atoms in total. The Labute approximate surface area is 113 Å². The molecule has 0 heterocycles. The summed E-state index contributed by atoms with van der Waals surface area (Å²) >= 11 is 5.84. The first kappa shape index (κ1) is 13.6. The molecule has 0 saturated heterocycles. The van der Waals surface area contributed by atoms with E-state index >= 15 is 0 Å². The molecule has 0 unspecified atom stereocenters. The summed E-state index contributed by atoms with van der Waals surface area (Å²) < 4.78 is 5.56. The number of hydrogen-bond donors (Lipinski definition) is 0. The minimum absolute atomic E-state index is 0.201. The van der Waals surface area contributed by atoms with Crippen molar-refractivity contribution in [3.05, 3.63) is 34.9 Å². The standard InChI is InChI=1S/C15H19ClO2/c1-18-15(9-3-2-4-10-15)14(17)11-12-5-7-13(16)8-6-12/h5-8H,2-4,9-11H2,1H3. The third-order valence-corrected chi connectivity index (χ3v) is 4.09. The van der Waals surface area contributed by atoms with Gasteiger partial charge in [0, 0.05) is 18.6 Å². The monoisotopic (exact) mass is 266 g/mol. The number of Topliss-reactive ketones (excluding diaryl/α,β-unsaturated/α-hetero) is 1. The molecule has 98 valence electrons. The van der Waals surface area contributed by atoms with Crippen LogP contribution < -0.4 is 0 Å². The third-order valence-electron chi connectivity index (χ3n) is 3.84. The molecule has 0 aromatic heterocycles. The Morgan fingerprint density at radius 2 is 1.83 bits per heavy atom. The lowest BCUT2D eigenvalue weighted by Gasteiger charge is -2.34. The second-order valence-corrected chi connectivity index (χ2v) is 5.42. The predicted octanol–water partition coefficient (Wildman–Crippen LogP) is 3.80. The van der Waals surface area contributed by atoms with Gasteiger partial charge in [-0.15, -0.1) is 0 Å². The van der Waals surface area contributed by atoms with Crippen LogP contribution in [0.15, 0.2) is 24.3 Å². The van der Waals surface area contributed by atoms with E-state index in [1.807, 2.05) is 24.3 Å². The van der Waals surface area contributed by atoms with Crippen LogP contribution in [0.4, 0.5) is 0 Å². The Kier molecular flexibility index (Phi) is 4.41. The lowest BCUT2D eigenvalue weighted by atomic mass is 9.79. The van der Waals surface area contributed by atoms with Crippen molar-refractivity contribution in [2.75, 3.05) is 7.11 Å². The summed E-state index contributed by atoms with van der Waals surface area (Å²) in [6, 6.07) is 7.47. The van der Waals surface area contributed by atoms with Crippen molar-refractivity contribution in [2.24, 2.45) is 0 Å². The van der Waals surface area contributed by atoms with Gasteiger partial charge in [-0.2, -0.15) is 0 Å². The number of halogens is 1. The van der Waals surface area contributed by atoms with Gasteiger partial charge in [0.1, 0.15) is 5.60 Å². The number of hydrogen-bond acceptors (Lipinski definition) is 2. The number of methoxy groups -OCH3 is 1. The maximum absolute atomic E-state index is 12.4. The van der Waals surface area contributed by atoms with Crippen LogP contribution in [-0.4, -0.2) is 18.5 Å². The van der Waals surface area contributed by atoms with Crippen LogP contribution in [0.2, 0.25) is 5.02 Å². The van der Waals surface area contributed by atoms with Crippen molar-refractivity contribution in [1.82, 2.24) is 0 Å². The van der Waals surface area contributed by atoms with E-state index in [0.717, 1.165) is 31.2 Å². The van der Waals surface area contributed by atoms with Crippen molar-refractivity contribution in [1.29, 1.82) is 0 Å². The number of ketones is 1. The highest BCUT2D eigenvalue weighted by atomic mass is 35.5. The first-order valence-corrected chi connectivity index (χ1v) is 6.87. The molecule has 1 aromatic rings. The van der Waals surface area contributed by atoms with Gasteiger partial charge in [-0.1, -0.05) is 43.0 Å². The fourth-order valence-electron chi connectivity index (χ4n) is 2.67. The zero-order chi connectivity index (χ0) is 13.0. The molecule has 0 aliphatic heterocycles. The highest BCUT2D eigenvalue weighted by Gasteiger charge is 2.38. The molecule has 2 rings (SSSR count). The summed E-state index contributed by atoms with van der Waals surface area (Å²) in [6.45, 7) is 0. The average molecular weight is 267 g/mol. The Morgan fingerprint density at radius 3 is 2.39 bits per heavy atom. The molecule has 18 heavy (non-hydrogen) atoms. The Morgan fingerprint density at radius 1 is 1.22 bits per heavy atom. The number of carbonyl (C=O) groups is 1. The van der Waals surface area contributed by atoms with Crippen molar-refractivity contribution in [3.8, 4) is 0 Å². The maximum atomic E-state index is 12.4. The van der Waals surface area contributed by atoms with Crippen molar-refractivity contribution in [3.63, 3.8) is 0 Å². The number of ether oxygens (including phenoxy) is 1. The Balaban J connectivity index is 2.07. The van der Waals surface area contributed by atoms with Crippen LogP contribution in [0.5, 0.6) is 0 Å². The molecule has 3 heteroatoms. The molecule has 1 aliphatic carbocycles. The van der Waals surface area contributed by atoms with E-state index in [9.17, 15) is 4.79 Å². The predicted molar refractivity (Wildman–Crippen MR) is 73.0 cm³/mol. The van der Waals surface area contributed by atoms with Gasteiger partial charge < -0.3 is 4.74 Å². The van der Waals surface area contributed by atoms with Crippen LogP contribution in [0.1, 0.15) is 37.7 Å². The summed E-state index contributed by atoms with van der Waals surface area (Å²) in [5.41, 5.74) is 0.462. The number of carbonyl (C=O) groups excluding carboxylic acids is 1. The zero-order valence-electron chi connectivity index (χ0n) is 10.7. The van der Waals surface area contributed by atoms with Crippen molar-refractivity contribution >= 4 is 17.4 Å². The molecule has 1 fully saturated rings. The van der Waals surface area contributed by atoms with Crippen LogP contribution in [0.25, 0.3) is 0 Å². The molecule has 0 N–H and O–H groups in total. The van der Waals surface area contributed by atoms with Crippen molar-refractivity contribution < 1.29 is 9.53 Å². The van der Waals surface area contributed by atoms with Gasteiger partial charge in [-0.3, -0.25) is 4.79 Å². The molecule has 0 atom stereocenters. The van der Waals surface area contributed by atoms with E-state index in [2.05, 4.69) is 0 Å². The summed E-state index contributed by atoms with van der Waals surface area (Å²) in [7, 11) is 1.66. The normalized spacial score (nSPS) is 18.6. The number of rotatable bonds is 4. The molecule has 0 bridgehead atoms. The average Bonchev–Trinajstić information content (AvgIpc) is 2.42. The van der Waals surface area contributed by atoms with Crippen LogP contribution in [0.3, 0.4) is 0 Å². The van der Waals surface area contributed by atoms with E-state index in [4.69, 9.17) is 16.3 Å². The minimum Gasteiger partial charge on any atom is -0.370 e. The third kappa shape index (κ3) is 2.93. The lowest BCUT2D eigenvalue weighted by molar-refractivity contribution is -0.144. The van der Waals surface area contributed by atoms with Gasteiger partial charge in [0.15, 0.2) is 5.78 Å². The van der Waals surface area contributed by atoms with E-state index in [0.29, 0.717) is 11.4 Å². The molecule has 0 radical (unpaired) electrons. The molecule has 0 spiro atoms. The van der Waals surface area contributed by atoms with Gasteiger partial charge in [0.2, 0.25) is 0 Å². The number of benzene rings is 1. The fraction of sp³-hybridized carbons (Fsp3) is 0.533. The largest absolute Gasteiger partial charge is 0.370 e. The molecular formula is C15H19ClO2. The van der Waals surface area contributed by atoms with E-state index in [1.165, 1.54) is 6.42 Å². The summed E-state index contributed by atoms with van der Waals surface area (Å²) in [5.74, 6) is 0.201. The fourth-order valence-corrected chi connectivity index (χ4v) is 2.79. The van der Waals surface area contributed by atoms with E-state index in [-0.39, 0.29) is 5.78 Å². The van der Waals surface area contributed by atoms with Gasteiger partial charge in [0.25, 0.3) is 0 Å².